The predicted molar refractivity (Wildman–Crippen MR) is 117 cm³/mol. The lowest BCUT2D eigenvalue weighted by atomic mass is 10.1. The average Bonchev–Trinajstić information content (AvgIpc) is 3.26. The molecule has 0 fully saturated rings. The van der Waals surface area contributed by atoms with Gasteiger partial charge in [-0.05, 0) is 12.1 Å². The van der Waals surface area contributed by atoms with Crippen LogP contribution < -0.4 is 4.90 Å². The van der Waals surface area contributed by atoms with Gasteiger partial charge in [0.05, 0.1) is 34.0 Å². The lowest BCUT2D eigenvalue weighted by Gasteiger charge is -2.22. The fourth-order valence-corrected chi connectivity index (χ4v) is 3.33. The highest BCUT2D eigenvalue weighted by atomic mass is 35.5. The molecule has 0 spiro atoms. The van der Waals surface area contributed by atoms with Crippen LogP contribution in [0, 0.1) is 0 Å². The SMILES string of the molecule is CN(CCC(=O)O)C(=O)CCN(C)c1cc(-n2ccnc2)c2ccc(Cl)c(Cl)c2n1. The quantitative estimate of drug-likeness (QED) is 0.565. The number of halogens is 2. The molecular weight excluding hydrogens is 429 g/mol. The van der Waals surface area contributed by atoms with Crippen molar-refractivity contribution in [1.82, 2.24) is 19.4 Å². The minimum absolute atomic E-state index is 0.0855. The molecule has 0 saturated heterocycles. The Labute approximate surface area is 183 Å². The number of carbonyl (C=O) groups is 2. The van der Waals surface area contributed by atoms with Gasteiger partial charge in [0.1, 0.15) is 5.82 Å². The summed E-state index contributed by atoms with van der Waals surface area (Å²) < 4.78 is 1.86. The average molecular weight is 450 g/mol. The molecule has 0 aliphatic carbocycles. The van der Waals surface area contributed by atoms with E-state index in [4.69, 9.17) is 28.3 Å². The molecule has 1 amide bonds. The number of pyridine rings is 1. The Bertz CT molecular complexity index is 1070. The highest BCUT2D eigenvalue weighted by Crippen LogP contribution is 2.34. The van der Waals surface area contributed by atoms with Crippen molar-refractivity contribution in [2.24, 2.45) is 0 Å². The zero-order chi connectivity index (χ0) is 21.8. The minimum Gasteiger partial charge on any atom is -0.481 e. The molecule has 8 nitrogen and oxygen atoms in total. The van der Waals surface area contributed by atoms with Crippen LogP contribution in [0.5, 0.6) is 0 Å². The maximum absolute atomic E-state index is 12.3. The fourth-order valence-electron chi connectivity index (χ4n) is 2.97. The number of hydrogen-bond acceptors (Lipinski definition) is 5. The third-order valence-corrected chi connectivity index (χ3v) is 5.55. The molecule has 3 aromatic rings. The van der Waals surface area contributed by atoms with Gasteiger partial charge in [0.25, 0.3) is 0 Å². The summed E-state index contributed by atoms with van der Waals surface area (Å²) in [4.78, 5) is 35.0. The molecule has 10 heteroatoms. The molecule has 0 saturated carbocycles. The van der Waals surface area contributed by atoms with E-state index in [2.05, 4.69) is 9.97 Å². The molecule has 158 valence electrons. The Hall–Kier alpha value is -2.84. The van der Waals surface area contributed by atoms with Crippen LogP contribution in [0.15, 0.2) is 36.9 Å². The summed E-state index contributed by atoms with van der Waals surface area (Å²) >= 11 is 12.6. The summed E-state index contributed by atoms with van der Waals surface area (Å²) in [5.41, 5.74) is 1.39. The van der Waals surface area contributed by atoms with Crippen molar-refractivity contribution in [1.29, 1.82) is 0 Å². The first kappa shape index (κ1) is 21.9. The Morgan fingerprint density at radius 1 is 1.17 bits per heavy atom. The van der Waals surface area contributed by atoms with E-state index >= 15 is 0 Å². The van der Waals surface area contributed by atoms with Gasteiger partial charge in [0, 0.05) is 57.5 Å². The molecule has 1 aromatic carbocycles. The minimum atomic E-state index is -0.935. The van der Waals surface area contributed by atoms with Gasteiger partial charge >= 0.3 is 5.97 Å². The van der Waals surface area contributed by atoms with Crippen LogP contribution in [-0.2, 0) is 9.59 Å². The second kappa shape index (κ2) is 9.32. The number of fused-ring (bicyclic) bond motifs is 1. The van der Waals surface area contributed by atoms with Gasteiger partial charge in [0.2, 0.25) is 5.91 Å². The standard InChI is InChI=1S/C20H21Cl2N5O3/c1-25(8-5-17(28)26(2)9-6-18(29)30)16-11-15(27-10-7-23-12-27)13-3-4-14(21)19(22)20(13)24-16/h3-4,7,10-12H,5-6,8-9H2,1-2H3,(H,29,30). The van der Waals surface area contributed by atoms with Gasteiger partial charge in [0.15, 0.2) is 0 Å². The number of rotatable bonds is 8. The number of carbonyl (C=O) groups excluding carboxylic acids is 1. The number of carboxylic acid groups (broad SMARTS) is 1. The number of anilines is 1. The Balaban J connectivity index is 1.85. The van der Waals surface area contributed by atoms with Crippen LogP contribution in [0.25, 0.3) is 16.6 Å². The van der Waals surface area contributed by atoms with Crippen LogP contribution in [0.4, 0.5) is 5.82 Å². The monoisotopic (exact) mass is 449 g/mol. The molecule has 3 rings (SSSR count). The van der Waals surface area contributed by atoms with Crippen molar-refractivity contribution in [3.63, 3.8) is 0 Å². The van der Waals surface area contributed by atoms with Gasteiger partial charge in [-0.25, -0.2) is 9.97 Å². The van der Waals surface area contributed by atoms with Gasteiger partial charge in [-0.3, -0.25) is 9.59 Å². The second-order valence-electron chi connectivity index (χ2n) is 6.86. The number of benzene rings is 1. The van der Waals surface area contributed by atoms with E-state index in [1.807, 2.05) is 34.8 Å². The van der Waals surface area contributed by atoms with E-state index in [0.717, 1.165) is 11.1 Å². The number of hydrogen-bond donors (Lipinski definition) is 1. The molecular formula is C20H21Cl2N5O3. The molecule has 0 unspecified atom stereocenters. The zero-order valence-electron chi connectivity index (χ0n) is 16.5. The first-order valence-corrected chi connectivity index (χ1v) is 9.97. The van der Waals surface area contributed by atoms with Crippen LogP contribution in [-0.4, -0.2) is 63.6 Å². The number of nitrogens with zero attached hydrogens (tertiary/aromatic N) is 5. The Morgan fingerprint density at radius 3 is 2.60 bits per heavy atom. The molecule has 0 bridgehead atoms. The fraction of sp³-hybridized carbons (Fsp3) is 0.300. The van der Waals surface area contributed by atoms with E-state index in [9.17, 15) is 9.59 Å². The molecule has 2 aromatic heterocycles. The molecule has 30 heavy (non-hydrogen) atoms. The number of amides is 1. The maximum atomic E-state index is 12.3. The highest BCUT2D eigenvalue weighted by molar-refractivity contribution is 6.45. The molecule has 0 aliphatic heterocycles. The van der Waals surface area contributed by atoms with Gasteiger partial charge in [-0.2, -0.15) is 0 Å². The molecule has 0 radical (unpaired) electrons. The number of aromatic nitrogens is 3. The van der Waals surface area contributed by atoms with E-state index in [1.54, 1.807) is 25.6 Å². The third kappa shape index (κ3) is 4.83. The smallest absolute Gasteiger partial charge is 0.305 e. The van der Waals surface area contributed by atoms with E-state index in [1.165, 1.54) is 4.90 Å². The lowest BCUT2D eigenvalue weighted by Crippen LogP contribution is -2.32. The maximum Gasteiger partial charge on any atom is 0.305 e. The number of aliphatic carboxylic acids is 1. The molecule has 1 N–H and O–H groups in total. The van der Waals surface area contributed by atoms with Crippen molar-refractivity contribution in [2.45, 2.75) is 12.8 Å². The summed E-state index contributed by atoms with van der Waals surface area (Å²) in [5, 5.41) is 10.3. The first-order valence-electron chi connectivity index (χ1n) is 9.22. The molecule has 2 heterocycles. The van der Waals surface area contributed by atoms with Crippen LogP contribution in [0.3, 0.4) is 0 Å². The van der Waals surface area contributed by atoms with Gasteiger partial charge < -0.3 is 19.5 Å². The van der Waals surface area contributed by atoms with Crippen LogP contribution >= 0.6 is 23.2 Å². The van der Waals surface area contributed by atoms with Crippen molar-refractivity contribution >= 4 is 51.8 Å². The number of imidazole rings is 1. The van der Waals surface area contributed by atoms with Crippen molar-refractivity contribution < 1.29 is 14.7 Å². The summed E-state index contributed by atoms with van der Waals surface area (Å²) in [5.74, 6) is -0.453. The highest BCUT2D eigenvalue weighted by Gasteiger charge is 2.16. The molecule has 0 atom stereocenters. The topological polar surface area (TPSA) is 91.6 Å². The van der Waals surface area contributed by atoms with Gasteiger partial charge in [-0.1, -0.05) is 23.2 Å². The third-order valence-electron chi connectivity index (χ3n) is 4.76. The van der Waals surface area contributed by atoms with Crippen LogP contribution in [0.2, 0.25) is 10.0 Å². The van der Waals surface area contributed by atoms with Gasteiger partial charge in [-0.15, -0.1) is 0 Å². The summed E-state index contributed by atoms with van der Waals surface area (Å²) in [6.07, 6.45) is 5.32. The van der Waals surface area contributed by atoms with E-state index < -0.39 is 5.97 Å². The summed E-state index contributed by atoms with van der Waals surface area (Å²) in [6, 6.07) is 5.48. The Kier molecular flexibility index (Phi) is 6.79. The lowest BCUT2D eigenvalue weighted by molar-refractivity contribution is -0.138. The van der Waals surface area contributed by atoms with E-state index in [-0.39, 0.29) is 25.3 Å². The zero-order valence-corrected chi connectivity index (χ0v) is 18.1. The number of carboxylic acids is 1. The van der Waals surface area contributed by atoms with Crippen molar-refractivity contribution in [3.05, 3.63) is 47.0 Å². The molecule has 0 aliphatic rings. The second-order valence-corrected chi connectivity index (χ2v) is 7.64. The van der Waals surface area contributed by atoms with Crippen LogP contribution in [0.1, 0.15) is 12.8 Å². The summed E-state index contributed by atoms with van der Waals surface area (Å²) in [6.45, 7) is 0.571. The van der Waals surface area contributed by atoms with Crippen molar-refractivity contribution in [3.8, 4) is 5.69 Å². The first-order chi connectivity index (χ1) is 14.3. The predicted octanol–water partition coefficient (Wildman–Crippen LogP) is 3.49. The largest absolute Gasteiger partial charge is 0.481 e. The van der Waals surface area contributed by atoms with E-state index in [0.29, 0.717) is 27.9 Å². The Morgan fingerprint density at radius 2 is 1.93 bits per heavy atom. The summed E-state index contributed by atoms with van der Waals surface area (Å²) in [7, 11) is 3.42. The normalized spacial score (nSPS) is 10.9. The van der Waals surface area contributed by atoms with Crippen molar-refractivity contribution in [2.75, 3.05) is 32.1 Å².